The standard InChI is InChI=1S/C22H20N8O2/c1-31-10-11-32-18-5-3-9-24-20(18)26-19-13-25-21-22(27-19)30(29-28-21)14-15-6-7-17-16(12-15)4-2-8-23-17/h2-9,12-13H,10-11,14H2,1H3,(H,24,26,27). The van der Waals surface area contributed by atoms with E-state index in [1.54, 1.807) is 36.4 Å². The van der Waals surface area contributed by atoms with Crippen LogP contribution in [0.3, 0.4) is 0 Å². The minimum absolute atomic E-state index is 0.416. The van der Waals surface area contributed by atoms with E-state index in [9.17, 15) is 0 Å². The first-order chi connectivity index (χ1) is 15.8. The van der Waals surface area contributed by atoms with Crippen LogP contribution in [-0.2, 0) is 11.3 Å². The molecule has 0 saturated heterocycles. The minimum Gasteiger partial charge on any atom is -0.487 e. The van der Waals surface area contributed by atoms with Crippen LogP contribution < -0.4 is 10.1 Å². The fourth-order valence-corrected chi connectivity index (χ4v) is 3.28. The van der Waals surface area contributed by atoms with Gasteiger partial charge in [0.25, 0.3) is 0 Å². The van der Waals surface area contributed by atoms with Gasteiger partial charge in [0.05, 0.1) is 24.9 Å². The van der Waals surface area contributed by atoms with Gasteiger partial charge in [-0.05, 0) is 35.9 Å². The van der Waals surface area contributed by atoms with Crippen molar-refractivity contribution in [2.24, 2.45) is 0 Å². The Morgan fingerprint density at radius 2 is 1.91 bits per heavy atom. The molecule has 4 aromatic heterocycles. The second-order valence-corrected chi connectivity index (χ2v) is 7.00. The summed E-state index contributed by atoms with van der Waals surface area (Å²) in [5, 5.41) is 12.6. The highest BCUT2D eigenvalue weighted by Crippen LogP contribution is 2.24. The lowest BCUT2D eigenvalue weighted by Crippen LogP contribution is -2.07. The van der Waals surface area contributed by atoms with E-state index in [0.717, 1.165) is 16.5 Å². The van der Waals surface area contributed by atoms with Gasteiger partial charge in [0.15, 0.2) is 23.0 Å². The molecule has 0 spiro atoms. The van der Waals surface area contributed by atoms with Crippen molar-refractivity contribution in [3.63, 3.8) is 0 Å². The first kappa shape index (κ1) is 19.8. The molecule has 0 saturated carbocycles. The zero-order valence-electron chi connectivity index (χ0n) is 17.3. The Balaban J connectivity index is 1.40. The number of ether oxygens (including phenoxy) is 2. The minimum atomic E-state index is 0.416. The summed E-state index contributed by atoms with van der Waals surface area (Å²) in [7, 11) is 1.63. The molecule has 5 rings (SSSR count). The molecule has 0 atom stereocenters. The van der Waals surface area contributed by atoms with Crippen LogP contribution >= 0.6 is 0 Å². The summed E-state index contributed by atoms with van der Waals surface area (Å²) in [6.07, 6.45) is 5.06. The van der Waals surface area contributed by atoms with E-state index in [1.165, 1.54) is 0 Å². The van der Waals surface area contributed by atoms with Crippen molar-refractivity contribution < 1.29 is 9.47 Å². The highest BCUT2D eigenvalue weighted by Gasteiger charge is 2.12. The number of aromatic nitrogens is 7. The van der Waals surface area contributed by atoms with E-state index in [0.29, 0.717) is 48.4 Å². The molecule has 0 amide bonds. The molecule has 10 nitrogen and oxygen atoms in total. The zero-order valence-corrected chi connectivity index (χ0v) is 17.3. The van der Waals surface area contributed by atoms with Gasteiger partial charge in [-0.15, -0.1) is 5.10 Å². The number of hydrogen-bond acceptors (Lipinski definition) is 9. The molecule has 32 heavy (non-hydrogen) atoms. The van der Waals surface area contributed by atoms with Crippen molar-refractivity contribution in [3.8, 4) is 5.75 Å². The lowest BCUT2D eigenvalue weighted by molar-refractivity contribution is 0.146. The molecule has 10 heteroatoms. The summed E-state index contributed by atoms with van der Waals surface area (Å²) < 4.78 is 12.5. The molecule has 0 radical (unpaired) electrons. The largest absolute Gasteiger partial charge is 0.487 e. The van der Waals surface area contributed by atoms with Crippen LogP contribution in [0.5, 0.6) is 5.75 Å². The van der Waals surface area contributed by atoms with Crippen molar-refractivity contribution >= 4 is 33.8 Å². The first-order valence-corrected chi connectivity index (χ1v) is 10.0. The summed E-state index contributed by atoms with van der Waals surface area (Å²) in [4.78, 5) is 17.7. The predicted molar refractivity (Wildman–Crippen MR) is 119 cm³/mol. The van der Waals surface area contributed by atoms with E-state index in [2.05, 4.69) is 41.6 Å². The van der Waals surface area contributed by atoms with Gasteiger partial charge in [-0.1, -0.05) is 17.3 Å². The molecule has 0 bridgehead atoms. The number of anilines is 2. The maximum atomic E-state index is 5.73. The van der Waals surface area contributed by atoms with E-state index in [4.69, 9.17) is 9.47 Å². The molecule has 1 aromatic carbocycles. The number of benzene rings is 1. The van der Waals surface area contributed by atoms with Crippen molar-refractivity contribution in [2.75, 3.05) is 25.6 Å². The predicted octanol–water partition coefficient (Wildman–Crippen LogP) is 2.98. The van der Waals surface area contributed by atoms with Gasteiger partial charge in [0, 0.05) is 24.9 Å². The molecule has 0 unspecified atom stereocenters. The molecular formula is C22H20N8O2. The molecule has 0 fully saturated rings. The van der Waals surface area contributed by atoms with Crippen LogP contribution in [0.1, 0.15) is 5.56 Å². The fourth-order valence-electron chi connectivity index (χ4n) is 3.28. The van der Waals surface area contributed by atoms with E-state index < -0.39 is 0 Å². The molecule has 0 aliphatic heterocycles. The number of fused-ring (bicyclic) bond motifs is 2. The average Bonchev–Trinajstić information content (AvgIpc) is 3.22. The van der Waals surface area contributed by atoms with Crippen molar-refractivity contribution in [2.45, 2.75) is 6.54 Å². The van der Waals surface area contributed by atoms with Crippen LogP contribution in [0.2, 0.25) is 0 Å². The Bertz CT molecular complexity index is 1370. The third-order valence-electron chi connectivity index (χ3n) is 4.79. The number of rotatable bonds is 8. The van der Waals surface area contributed by atoms with Gasteiger partial charge in [-0.2, -0.15) is 0 Å². The quantitative estimate of drug-likeness (QED) is 0.373. The van der Waals surface area contributed by atoms with Gasteiger partial charge in [0.2, 0.25) is 5.65 Å². The summed E-state index contributed by atoms with van der Waals surface area (Å²) in [5.74, 6) is 1.65. The third-order valence-corrected chi connectivity index (χ3v) is 4.79. The number of methoxy groups -OCH3 is 1. The Hall–Kier alpha value is -4.18. The number of nitrogens with one attached hydrogen (secondary N) is 1. The summed E-state index contributed by atoms with van der Waals surface area (Å²) >= 11 is 0. The third kappa shape index (κ3) is 4.16. The number of nitrogens with zero attached hydrogens (tertiary/aromatic N) is 7. The Morgan fingerprint density at radius 1 is 1.00 bits per heavy atom. The second kappa shape index (κ2) is 8.90. The lowest BCUT2D eigenvalue weighted by Gasteiger charge is -2.11. The van der Waals surface area contributed by atoms with Gasteiger partial charge in [-0.25, -0.2) is 19.6 Å². The van der Waals surface area contributed by atoms with E-state index in [1.807, 2.05) is 30.3 Å². The maximum absolute atomic E-state index is 5.73. The monoisotopic (exact) mass is 428 g/mol. The maximum Gasteiger partial charge on any atom is 0.221 e. The number of hydrogen-bond donors (Lipinski definition) is 1. The van der Waals surface area contributed by atoms with Crippen molar-refractivity contribution in [1.29, 1.82) is 0 Å². The summed E-state index contributed by atoms with van der Waals surface area (Å²) in [6, 6.07) is 13.7. The van der Waals surface area contributed by atoms with Crippen molar-refractivity contribution in [1.82, 2.24) is 34.9 Å². The summed E-state index contributed by atoms with van der Waals surface area (Å²) in [6.45, 7) is 1.41. The Labute approximate surface area is 183 Å². The van der Waals surface area contributed by atoms with Crippen LogP contribution in [0.15, 0.2) is 61.1 Å². The van der Waals surface area contributed by atoms with E-state index >= 15 is 0 Å². The topological polar surface area (TPSA) is 113 Å². The first-order valence-electron chi connectivity index (χ1n) is 10.0. The SMILES string of the molecule is COCCOc1cccnc1Nc1cnc2nnn(Cc3ccc4ncccc4c3)c2n1. The highest BCUT2D eigenvalue weighted by atomic mass is 16.5. The van der Waals surface area contributed by atoms with Crippen LogP contribution in [0.25, 0.3) is 22.2 Å². The fraction of sp³-hybridized carbons (Fsp3) is 0.182. The van der Waals surface area contributed by atoms with Crippen LogP contribution in [-0.4, -0.2) is 55.3 Å². The lowest BCUT2D eigenvalue weighted by atomic mass is 10.1. The van der Waals surface area contributed by atoms with Gasteiger partial charge >= 0.3 is 0 Å². The average molecular weight is 428 g/mol. The smallest absolute Gasteiger partial charge is 0.221 e. The zero-order chi connectivity index (χ0) is 21.8. The molecule has 0 aliphatic rings. The summed E-state index contributed by atoms with van der Waals surface area (Å²) in [5.41, 5.74) is 3.05. The van der Waals surface area contributed by atoms with Gasteiger partial charge in [-0.3, -0.25) is 4.98 Å². The molecule has 160 valence electrons. The van der Waals surface area contributed by atoms with E-state index in [-0.39, 0.29) is 0 Å². The molecular weight excluding hydrogens is 408 g/mol. The number of pyridine rings is 2. The van der Waals surface area contributed by atoms with Crippen molar-refractivity contribution in [3.05, 3.63) is 66.6 Å². The Kier molecular flexibility index (Phi) is 5.50. The highest BCUT2D eigenvalue weighted by molar-refractivity contribution is 5.79. The molecule has 0 aliphatic carbocycles. The van der Waals surface area contributed by atoms with Crippen LogP contribution in [0.4, 0.5) is 11.6 Å². The van der Waals surface area contributed by atoms with Crippen LogP contribution in [0, 0.1) is 0 Å². The Morgan fingerprint density at radius 3 is 2.84 bits per heavy atom. The molecule has 5 aromatic rings. The molecule has 1 N–H and O–H groups in total. The van der Waals surface area contributed by atoms with Gasteiger partial charge in [0.1, 0.15) is 6.61 Å². The van der Waals surface area contributed by atoms with Gasteiger partial charge < -0.3 is 14.8 Å². The normalized spacial score (nSPS) is 11.2. The second-order valence-electron chi connectivity index (χ2n) is 7.00. The molecule has 4 heterocycles.